The molecule has 3 aromatic rings. The maximum atomic E-state index is 6.08. The van der Waals surface area contributed by atoms with E-state index in [9.17, 15) is 0 Å². The number of aryl methyl sites for hydroxylation is 2. The Morgan fingerprint density at radius 1 is 1.21 bits per heavy atom. The molecule has 3 rings (SSSR count). The second kappa shape index (κ2) is 10.6. The van der Waals surface area contributed by atoms with Crippen molar-refractivity contribution in [2.45, 2.75) is 31.7 Å². The number of ether oxygens (including phenoxy) is 1. The standard InChI is InChI=1S/C20H24BrN5OS/c1-15-5-3-6-16(11-15)14-27-19-8-7-18(21)12-17(19)13-22-9-4-10-28-20-23-24-25-26(20)2/h3,5-8,11-12,22H,4,9-10,13-14H2,1-2H3. The average Bonchev–Trinajstić information content (AvgIpc) is 3.09. The molecule has 2 aromatic carbocycles. The van der Waals surface area contributed by atoms with E-state index in [1.807, 2.05) is 19.2 Å². The van der Waals surface area contributed by atoms with Gasteiger partial charge in [-0.05, 0) is 54.1 Å². The zero-order chi connectivity index (χ0) is 19.8. The van der Waals surface area contributed by atoms with Crippen LogP contribution in [0.4, 0.5) is 0 Å². The number of thioether (sulfide) groups is 1. The van der Waals surface area contributed by atoms with Crippen molar-refractivity contribution in [1.82, 2.24) is 25.5 Å². The van der Waals surface area contributed by atoms with Crippen LogP contribution in [0, 0.1) is 6.92 Å². The predicted molar refractivity (Wildman–Crippen MR) is 115 cm³/mol. The zero-order valence-corrected chi connectivity index (χ0v) is 18.5. The van der Waals surface area contributed by atoms with Crippen molar-refractivity contribution in [3.8, 4) is 5.75 Å². The van der Waals surface area contributed by atoms with Crippen molar-refractivity contribution in [3.05, 3.63) is 63.6 Å². The number of nitrogens with zero attached hydrogens (tertiary/aromatic N) is 4. The Balaban J connectivity index is 1.46. The number of benzene rings is 2. The summed E-state index contributed by atoms with van der Waals surface area (Å²) in [6.07, 6.45) is 1.03. The molecule has 0 radical (unpaired) electrons. The van der Waals surface area contributed by atoms with E-state index in [4.69, 9.17) is 4.74 Å². The minimum Gasteiger partial charge on any atom is -0.489 e. The van der Waals surface area contributed by atoms with Crippen LogP contribution in [0.25, 0.3) is 0 Å². The SMILES string of the molecule is Cc1cccc(COc2ccc(Br)cc2CNCCCSc2nnnn2C)c1. The van der Waals surface area contributed by atoms with E-state index in [1.165, 1.54) is 11.1 Å². The molecular formula is C20H24BrN5OS. The maximum absolute atomic E-state index is 6.08. The predicted octanol–water partition coefficient (Wildman–Crippen LogP) is 4.13. The molecule has 148 valence electrons. The van der Waals surface area contributed by atoms with Crippen molar-refractivity contribution in [2.75, 3.05) is 12.3 Å². The minimum absolute atomic E-state index is 0.568. The first-order valence-corrected chi connectivity index (χ1v) is 10.9. The summed E-state index contributed by atoms with van der Waals surface area (Å²) in [6.45, 7) is 4.34. The first kappa shape index (κ1) is 20.8. The molecule has 1 heterocycles. The van der Waals surface area contributed by atoms with Gasteiger partial charge in [-0.15, -0.1) is 5.10 Å². The molecule has 28 heavy (non-hydrogen) atoms. The van der Waals surface area contributed by atoms with Crippen molar-refractivity contribution < 1.29 is 4.74 Å². The van der Waals surface area contributed by atoms with Crippen LogP contribution in [0.1, 0.15) is 23.1 Å². The molecule has 0 unspecified atom stereocenters. The van der Waals surface area contributed by atoms with Gasteiger partial charge in [0.15, 0.2) is 0 Å². The monoisotopic (exact) mass is 461 g/mol. The normalized spacial score (nSPS) is 11.0. The molecule has 8 heteroatoms. The molecule has 0 saturated carbocycles. The summed E-state index contributed by atoms with van der Waals surface area (Å²) in [6, 6.07) is 14.5. The van der Waals surface area contributed by atoms with Crippen molar-refractivity contribution in [3.63, 3.8) is 0 Å². The lowest BCUT2D eigenvalue weighted by Gasteiger charge is -2.13. The Morgan fingerprint density at radius 2 is 2.11 bits per heavy atom. The van der Waals surface area contributed by atoms with Gasteiger partial charge in [0.05, 0.1) is 0 Å². The van der Waals surface area contributed by atoms with Crippen LogP contribution in [-0.4, -0.2) is 32.5 Å². The molecule has 0 amide bonds. The molecule has 0 aliphatic rings. The molecule has 1 aromatic heterocycles. The van der Waals surface area contributed by atoms with Gasteiger partial charge in [0.2, 0.25) is 5.16 Å². The summed E-state index contributed by atoms with van der Waals surface area (Å²) in [7, 11) is 1.85. The Morgan fingerprint density at radius 3 is 2.89 bits per heavy atom. The minimum atomic E-state index is 0.568. The van der Waals surface area contributed by atoms with Gasteiger partial charge >= 0.3 is 0 Å². The second-order valence-corrected chi connectivity index (χ2v) is 8.47. The smallest absolute Gasteiger partial charge is 0.209 e. The number of rotatable bonds is 10. The fraction of sp³-hybridized carbons (Fsp3) is 0.350. The van der Waals surface area contributed by atoms with Gasteiger partial charge in [-0.25, -0.2) is 4.68 Å². The molecule has 0 aliphatic heterocycles. The van der Waals surface area contributed by atoms with Gasteiger partial charge in [0.1, 0.15) is 12.4 Å². The zero-order valence-electron chi connectivity index (χ0n) is 16.1. The molecule has 0 bridgehead atoms. The molecule has 0 aliphatic carbocycles. The van der Waals surface area contributed by atoms with E-state index in [0.717, 1.165) is 46.2 Å². The molecule has 0 saturated heterocycles. The van der Waals surface area contributed by atoms with E-state index in [0.29, 0.717) is 6.61 Å². The largest absolute Gasteiger partial charge is 0.489 e. The maximum Gasteiger partial charge on any atom is 0.209 e. The fourth-order valence-corrected chi connectivity index (χ4v) is 3.91. The Labute approximate surface area is 178 Å². The lowest BCUT2D eigenvalue weighted by molar-refractivity contribution is 0.302. The van der Waals surface area contributed by atoms with E-state index in [-0.39, 0.29) is 0 Å². The number of nitrogens with one attached hydrogen (secondary N) is 1. The van der Waals surface area contributed by atoms with Crippen LogP contribution in [0.3, 0.4) is 0 Å². The summed E-state index contributed by atoms with van der Waals surface area (Å²) in [4.78, 5) is 0. The lowest BCUT2D eigenvalue weighted by Crippen LogP contribution is -2.16. The number of halogens is 1. The third kappa shape index (κ3) is 6.32. The highest BCUT2D eigenvalue weighted by atomic mass is 79.9. The van der Waals surface area contributed by atoms with Gasteiger partial charge in [-0.2, -0.15) is 0 Å². The van der Waals surface area contributed by atoms with Gasteiger partial charge in [0.25, 0.3) is 0 Å². The van der Waals surface area contributed by atoms with Gasteiger partial charge in [0, 0.05) is 29.4 Å². The Hall–Kier alpha value is -1.90. The number of tetrazole rings is 1. The highest BCUT2D eigenvalue weighted by Crippen LogP contribution is 2.24. The molecule has 0 spiro atoms. The van der Waals surface area contributed by atoms with E-state index < -0.39 is 0 Å². The average molecular weight is 462 g/mol. The summed E-state index contributed by atoms with van der Waals surface area (Å²) < 4.78 is 8.83. The Bertz CT molecular complexity index is 902. The van der Waals surface area contributed by atoms with Crippen molar-refractivity contribution in [2.24, 2.45) is 7.05 Å². The van der Waals surface area contributed by atoms with Crippen molar-refractivity contribution >= 4 is 27.7 Å². The molecule has 6 nitrogen and oxygen atoms in total. The lowest BCUT2D eigenvalue weighted by atomic mass is 10.1. The van der Waals surface area contributed by atoms with Crippen LogP contribution in [0.2, 0.25) is 0 Å². The van der Waals surface area contributed by atoms with Crippen LogP contribution in [0.15, 0.2) is 52.1 Å². The van der Waals surface area contributed by atoms with Crippen LogP contribution in [0.5, 0.6) is 5.75 Å². The fourth-order valence-electron chi connectivity index (χ4n) is 2.72. The van der Waals surface area contributed by atoms with Crippen LogP contribution < -0.4 is 10.1 Å². The summed E-state index contributed by atoms with van der Waals surface area (Å²) in [5, 5.41) is 15.8. The molecular weight excluding hydrogens is 438 g/mol. The summed E-state index contributed by atoms with van der Waals surface area (Å²) in [5.74, 6) is 1.88. The number of hydrogen-bond donors (Lipinski definition) is 1. The first-order valence-electron chi connectivity index (χ1n) is 9.14. The third-order valence-electron chi connectivity index (χ3n) is 4.13. The third-order valence-corrected chi connectivity index (χ3v) is 5.72. The second-order valence-electron chi connectivity index (χ2n) is 6.49. The van der Waals surface area contributed by atoms with Gasteiger partial charge in [-0.1, -0.05) is 57.5 Å². The highest BCUT2D eigenvalue weighted by Gasteiger charge is 2.06. The van der Waals surface area contributed by atoms with Gasteiger partial charge < -0.3 is 10.1 Å². The van der Waals surface area contributed by atoms with Crippen LogP contribution in [-0.2, 0) is 20.2 Å². The topological polar surface area (TPSA) is 64.9 Å². The Kier molecular flexibility index (Phi) is 7.88. The van der Waals surface area contributed by atoms with Crippen molar-refractivity contribution in [1.29, 1.82) is 0 Å². The van der Waals surface area contributed by atoms with Gasteiger partial charge in [-0.3, -0.25) is 0 Å². The quantitative estimate of drug-likeness (QED) is 0.361. The number of aromatic nitrogens is 4. The molecule has 0 atom stereocenters. The highest BCUT2D eigenvalue weighted by molar-refractivity contribution is 9.10. The summed E-state index contributed by atoms with van der Waals surface area (Å²) >= 11 is 5.22. The molecule has 0 fully saturated rings. The van der Waals surface area contributed by atoms with E-state index in [2.05, 4.69) is 74.0 Å². The van der Waals surface area contributed by atoms with E-state index >= 15 is 0 Å². The number of hydrogen-bond acceptors (Lipinski definition) is 6. The van der Waals surface area contributed by atoms with E-state index in [1.54, 1.807) is 16.4 Å². The molecule has 1 N–H and O–H groups in total. The van der Waals surface area contributed by atoms with Crippen LogP contribution >= 0.6 is 27.7 Å². The summed E-state index contributed by atoms with van der Waals surface area (Å²) in [5.41, 5.74) is 3.57. The first-order chi connectivity index (χ1) is 13.6.